The molecule has 0 spiro atoms. The van der Waals surface area contributed by atoms with Crippen LogP contribution in [0.25, 0.3) is 0 Å². The van der Waals surface area contributed by atoms with Gasteiger partial charge in [-0.05, 0) is 16.5 Å². The highest BCUT2D eigenvalue weighted by Crippen LogP contribution is 2.37. The van der Waals surface area contributed by atoms with Crippen LogP contribution in [0.15, 0.2) is 12.1 Å². The number of hydrogen-bond donors (Lipinski definition) is 2. The molecule has 0 saturated carbocycles. The second-order valence-corrected chi connectivity index (χ2v) is 9.90. The summed E-state index contributed by atoms with van der Waals surface area (Å²) in [7, 11) is 3.50. The molecular formula is C20H31NO4S2. The summed E-state index contributed by atoms with van der Waals surface area (Å²) in [6.07, 6.45) is 0.632. The number of carbonyl (C=O) groups is 2. The van der Waals surface area contributed by atoms with Gasteiger partial charge in [-0.15, -0.1) is 0 Å². The largest absolute Gasteiger partial charge is 0.507 e. The topological polar surface area (TPSA) is 77.8 Å². The Labute approximate surface area is 170 Å². The first kappa shape index (κ1) is 23.7. The lowest BCUT2D eigenvalue weighted by Crippen LogP contribution is -2.21. The number of carboxylic acids is 1. The molecule has 0 heterocycles. The fourth-order valence-electron chi connectivity index (χ4n) is 2.44. The van der Waals surface area contributed by atoms with Crippen LogP contribution in [0.2, 0.25) is 0 Å². The summed E-state index contributed by atoms with van der Waals surface area (Å²) >= 11 is 3.22. The van der Waals surface area contributed by atoms with Gasteiger partial charge in [0.15, 0.2) is 0 Å². The smallest absolute Gasteiger partial charge is 0.304 e. The highest BCUT2D eigenvalue weighted by molar-refractivity contribution is 7.98. The van der Waals surface area contributed by atoms with E-state index in [1.54, 1.807) is 42.5 Å². The molecule has 1 aromatic carbocycles. The molecule has 0 aromatic heterocycles. The Kier molecular flexibility index (Phi) is 9.53. The van der Waals surface area contributed by atoms with E-state index in [1.807, 2.05) is 12.1 Å². The molecule has 0 aliphatic carbocycles. The fraction of sp³-hybridized carbons (Fsp3) is 0.600. The summed E-state index contributed by atoms with van der Waals surface area (Å²) in [4.78, 5) is 23.9. The SMILES string of the molecule is CN(C)C(=O)CCSCc1cc(CSCCC(=O)O)cc(C(C)(C)C)c1O. The molecule has 27 heavy (non-hydrogen) atoms. The minimum atomic E-state index is -0.784. The third-order valence-corrected chi connectivity index (χ3v) is 6.04. The zero-order valence-electron chi connectivity index (χ0n) is 16.9. The maximum absolute atomic E-state index is 11.7. The number of hydrogen-bond acceptors (Lipinski definition) is 5. The van der Waals surface area contributed by atoms with Crippen molar-refractivity contribution in [3.63, 3.8) is 0 Å². The van der Waals surface area contributed by atoms with Crippen LogP contribution in [0, 0.1) is 0 Å². The molecule has 7 heteroatoms. The Balaban J connectivity index is 2.83. The van der Waals surface area contributed by atoms with E-state index in [9.17, 15) is 14.7 Å². The highest BCUT2D eigenvalue weighted by atomic mass is 32.2. The van der Waals surface area contributed by atoms with Crippen LogP contribution in [-0.2, 0) is 26.5 Å². The van der Waals surface area contributed by atoms with E-state index in [0.717, 1.165) is 16.7 Å². The number of rotatable bonds is 10. The molecule has 1 aromatic rings. The molecule has 1 rings (SSSR count). The van der Waals surface area contributed by atoms with Crippen molar-refractivity contribution in [1.29, 1.82) is 0 Å². The number of nitrogens with zero attached hydrogens (tertiary/aromatic N) is 1. The van der Waals surface area contributed by atoms with Crippen molar-refractivity contribution < 1.29 is 19.8 Å². The standard InChI is InChI=1S/C20H31NO4S2/c1-20(2,3)16-11-14(12-26-9-7-18(23)24)10-15(19(16)25)13-27-8-6-17(22)21(4)5/h10-11,25H,6-9,12-13H2,1-5H3,(H,23,24). The van der Waals surface area contributed by atoms with E-state index in [0.29, 0.717) is 35.2 Å². The van der Waals surface area contributed by atoms with Crippen molar-refractivity contribution in [1.82, 2.24) is 4.90 Å². The number of carbonyl (C=O) groups excluding carboxylic acids is 1. The summed E-state index contributed by atoms with van der Waals surface area (Å²) in [6, 6.07) is 4.02. The molecule has 1 amide bonds. The molecule has 0 aliphatic heterocycles. The second kappa shape index (κ2) is 10.9. The van der Waals surface area contributed by atoms with Gasteiger partial charge in [0.1, 0.15) is 5.75 Å². The third-order valence-electron chi connectivity index (χ3n) is 4.00. The van der Waals surface area contributed by atoms with E-state index < -0.39 is 5.97 Å². The van der Waals surface area contributed by atoms with Crippen LogP contribution in [-0.4, -0.2) is 52.6 Å². The molecule has 0 fully saturated rings. The fourth-order valence-corrected chi connectivity index (χ4v) is 4.21. The predicted molar refractivity (Wildman–Crippen MR) is 115 cm³/mol. The average Bonchev–Trinajstić information content (AvgIpc) is 2.55. The van der Waals surface area contributed by atoms with Crippen molar-refractivity contribution >= 4 is 35.4 Å². The number of aliphatic carboxylic acids is 1. The quantitative estimate of drug-likeness (QED) is 0.562. The summed E-state index contributed by atoms with van der Waals surface area (Å²) in [5.41, 5.74) is 2.68. The Bertz CT molecular complexity index is 654. The van der Waals surface area contributed by atoms with Crippen LogP contribution < -0.4 is 0 Å². The lowest BCUT2D eigenvalue weighted by molar-refractivity contribution is -0.136. The molecule has 5 nitrogen and oxygen atoms in total. The van der Waals surface area contributed by atoms with Crippen molar-refractivity contribution in [2.75, 3.05) is 25.6 Å². The first-order valence-corrected chi connectivity index (χ1v) is 11.3. The van der Waals surface area contributed by atoms with Crippen LogP contribution in [0.1, 0.15) is 50.3 Å². The van der Waals surface area contributed by atoms with Crippen molar-refractivity contribution in [2.45, 2.75) is 50.5 Å². The highest BCUT2D eigenvalue weighted by Gasteiger charge is 2.21. The summed E-state index contributed by atoms with van der Waals surface area (Å²) < 4.78 is 0. The van der Waals surface area contributed by atoms with Gasteiger partial charge in [0.25, 0.3) is 0 Å². The Morgan fingerprint density at radius 1 is 1.04 bits per heavy atom. The maximum Gasteiger partial charge on any atom is 0.304 e. The van der Waals surface area contributed by atoms with Gasteiger partial charge in [-0.25, -0.2) is 0 Å². The second-order valence-electron chi connectivity index (χ2n) is 7.69. The number of phenolic OH excluding ortho intramolecular Hbond substituents is 1. The maximum atomic E-state index is 11.7. The number of phenols is 1. The van der Waals surface area contributed by atoms with Crippen molar-refractivity contribution in [2.24, 2.45) is 0 Å². The summed E-state index contributed by atoms with van der Waals surface area (Å²) in [5.74, 6) is 2.28. The molecule has 0 atom stereocenters. The number of amides is 1. The Morgan fingerprint density at radius 3 is 2.19 bits per heavy atom. The Hall–Kier alpha value is -1.34. The Morgan fingerprint density at radius 2 is 1.63 bits per heavy atom. The van der Waals surface area contributed by atoms with Gasteiger partial charge in [-0.1, -0.05) is 32.9 Å². The van der Waals surface area contributed by atoms with Crippen LogP contribution in [0.3, 0.4) is 0 Å². The van der Waals surface area contributed by atoms with Gasteiger partial charge in [0.05, 0.1) is 6.42 Å². The van der Waals surface area contributed by atoms with Gasteiger partial charge in [0, 0.05) is 49.1 Å². The minimum Gasteiger partial charge on any atom is -0.507 e. The van der Waals surface area contributed by atoms with Gasteiger partial charge < -0.3 is 15.1 Å². The minimum absolute atomic E-state index is 0.102. The summed E-state index contributed by atoms with van der Waals surface area (Å²) in [6.45, 7) is 6.20. The molecule has 0 unspecified atom stereocenters. The summed E-state index contributed by atoms with van der Waals surface area (Å²) in [5, 5.41) is 19.5. The first-order valence-electron chi connectivity index (χ1n) is 8.95. The van der Waals surface area contributed by atoms with Crippen LogP contribution >= 0.6 is 23.5 Å². The average molecular weight is 414 g/mol. The lowest BCUT2D eigenvalue weighted by Gasteiger charge is -2.23. The van der Waals surface area contributed by atoms with Gasteiger partial charge >= 0.3 is 5.97 Å². The van der Waals surface area contributed by atoms with E-state index in [2.05, 4.69) is 20.8 Å². The monoisotopic (exact) mass is 413 g/mol. The predicted octanol–water partition coefficient (Wildman–Crippen LogP) is 4.11. The van der Waals surface area contributed by atoms with E-state index in [4.69, 9.17) is 5.11 Å². The molecule has 152 valence electrons. The molecule has 0 bridgehead atoms. The molecule has 0 aliphatic rings. The molecular weight excluding hydrogens is 382 g/mol. The normalized spacial score (nSPS) is 11.4. The molecule has 0 saturated heterocycles. The number of carboxylic acid groups (broad SMARTS) is 1. The van der Waals surface area contributed by atoms with E-state index >= 15 is 0 Å². The zero-order chi connectivity index (χ0) is 20.6. The van der Waals surface area contributed by atoms with Crippen LogP contribution in [0.5, 0.6) is 5.75 Å². The number of aromatic hydroxyl groups is 1. The molecule has 2 N–H and O–H groups in total. The van der Waals surface area contributed by atoms with Gasteiger partial charge in [-0.3, -0.25) is 9.59 Å². The lowest BCUT2D eigenvalue weighted by atomic mass is 9.84. The molecule has 0 radical (unpaired) electrons. The first-order chi connectivity index (χ1) is 12.5. The van der Waals surface area contributed by atoms with Crippen molar-refractivity contribution in [3.05, 3.63) is 28.8 Å². The number of benzene rings is 1. The zero-order valence-corrected chi connectivity index (χ0v) is 18.5. The van der Waals surface area contributed by atoms with E-state index in [1.165, 1.54) is 0 Å². The number of thioether (sulfide) groups is 2. The van der Waals surface area contributed by atoms with Gasteiger partial charge in [-0.2, -0.15) is 23.5 Å². The van der Waals surface area contributed by atoms with Crippen LogP contribution in [0.4, 0.5) is 0 Å². The van der Waals surface area contributed by atoms with Gasteiger partial charge in [0.2, 0.25) is 5.91 Å². The van der Waals surface area contributed by atoms with E-state index in [-0.39, 0.29) is 17.7 Å². The third kappa shape index (κ3) is 8.47. The van der Waals surface area contributed by atoms with Crippen molar-refractivity contribution in [3.8, 4) is 5.75 Å².